The van der Waals surface area contributed by atoms with Gasteiger partial charge >= 0.3 is 0 Å². The second kappa shape index (κ2) is 8.91. The Morgan fingerprint density at radius 1 is 1.16 bits per heavy atom. The van der Waals surface area contributed by atoms with Crippen molar-refractivity contribution >= 4 is 11.8 Å². The molecule has 1 saturated carbocycles. The lowest BCUT2D eigenvalue weighted by atomic mass is 9.79. The van der Waals surface area contributed by atoms with Gasteiger partial charge in [0.2, 0.25) is 11.8 Å². The van der Waals surface area contributed by atoms with Crippen LogP contribution in [0.25, 0.3) is 0 Å². The molecule has 19 heavy (non-hydrogen) atoms. The lowest BCUT2D eigenvalue weighted by Gasteiger charge is -2.29. The van der Waals surface area contributed by atoms with E-state index in [0.29, 0.717) is 32.0 Å². The normalized spacial score (nSPS) is 22.8. The maximum absolute atomic E-state index is 12.1. The second-order valence-electron chi connectivity index (χ2n) is 5.28. The van der Waals surface area contributed by atoms with E-state index >= 15 is 0 Å². The van der Waals surface area contributed by atoms with Gasteiger partial charge in [-0.1, -0.05) is 19.8 Å². The highest BCUT2D eigenvalue weighted by atomic mass is 16.2. The highest BCUT2D eigenvalue weighted by Gasteiger charge is 2.29. The van der Waals surface area contributed by atoms with Gasteiger partial charge in [-0.15, -0.1) is 0 Å². The van der Waals surface area contributed by atoms with E-state index in [1.54, 1.807) is 0 Å². The van der Waals surface area contributed by atoms with Crippen molar-refractivity contribution in [2.45, 2.75) is 45.4 Å². The van der Waals surface area contributed by atoms with E-state index in [9.17, 15) is 9.59 Å². The third kappa shape index (κ3) is 5.59. The van der Waals surface area contributed by atoms with Crippen molar-refractivity contribution in [3.8, 4) is 0 Å². The molecule has 2 amide bonds. The quantitative estimate of drug-likeness (QED) is 0.638. The minimum absolute atomic E-state index is 0.00108. The standard InChI is InChI=1S/C14H27N3O2/c1-2-8-16-13(18)7-9-17-14(19)12-6-4-3-5-11(12)10-15/h11-12H,2-10,15H2,1H3,(H,16,18)(H,17,19). The van der Waals surface area contributed by atoms with Gasteiger partial charge in [-0.2, -0.15) is 0 Å². The topological polar surface area (TPSA) is 84.2 Å². The minimum atomic E-state index is 0.00108. The van der Waals surface area contributed by atoms with Crippen LogP contribution in [0.15, 0.2) is 0 Å². The number of carbonyl (C=O) groups excluding carboxylic acids is 2. The van der Waals surface area contributed by atoms with E-state index in [0.717, 1.165) is 25.7 Å². The fourth-order valence-corrected chi connectivity index (χ4v) is 2.62. The molecule has 5 nitrogen and oxygen atoms in total. The molecule has 0 aromatic carbocycles. The highest BCUT2D eigenvalue weighted by Crippen LogP contribution is 2.29. The Bertz CT molecular complexity index is 294. The number of nitrogens with one attached hydrogen (secondary N) is 2. The molecule has 0 aromatic heterocycles. The van der Waals surface area contributed by atoms with Crippen LogP contribution in [0.4, 0.5) is 0 Å². The molecule has 1 rings (SSSR count). The number of hydrogen-bond donors (Lipinski definition) is 3. The first-order valence-corrected chi connectivity index (χ1v) is 7.43. The summed E-state index contributed by atoms with van der Waals surface area (Å²) >= 11 is 0. The molecule has 4 N–H and O–H groups in total. The summed E-state index contributed by atoms with van der Waals surface area (Å²) in [7, 11) is 0. The Morgan fingerprint density at radius 3 is 2.58 bits per heavy atom. The summed E-state index contributed by atoms with van der Waals surface area (Å²) in [6, 6.07) is 0. The van der Waals surface area contributed by atoms with Gasteiger partial charge in [0.1, 0.15) is 0 Å². The molecule has 5 heteroatoms. The molecule has 110 valence electrons. The van der Waals surface area contributed by atoms with Crippen molar-refractivity contribution in [1.29, 1.82) is 0 Å². The SMILES string of the molecule is CCCNC(=O)CCNC(=O)C1CCCCC1CN. The van der Waals surface area contributed by atoms with Crippen LogP contribution in [0.2, 0.25) is 0 Å². The first-order chi connectivity index (χ1) is 9.19. The van der Waals surface area contributed by atoms with Crippen LogP contribution < -0.4 is 16.4 Å². The van der Waals surface area contributed by atoms with Crippen molar-refractivity contribution in [3.05, 3.63) is 0 Å². The molecule has 2 atom stereocenters. The van der Waals surface area contributed by atoms with Crippen LogP contribution >= 0.6 is 0 Å². The summed E-state index contributed by atoms with van der Waals surface area (Å²) in [5, 5.41) is 5.66. The van der Waals surface area contributed by atoms with Crippen LogP contribution in [0, 0.1) is 11.8 Å². The van der Waals surface area contributed by atoms with E-state index in [-0.39, 0.29) is 17.7 Å². The van der Waals surface area contributed by atoms with Crippen molar-refractivity contribution in [2.75, 3.05) is 19.6 Å². The molecule has 0 aromatic rings. The van der Waals surface area contributed by atoms with Crippen molar-refractivity contribution in [3.63, 3.8) is 0 Å². The third-order valence-electron chi connectivity index (χ3n) is 3.77. The Kier molecular flexibility index (Phi) is 7.48. The molecule has 0 aliphatic heterocycles. The van der Waals surface area contributed by atoms with Gasteiger partial charge in [0.25, 0.3) is 0 Å². The summed E-state index contributed by atoms with van der Waals surface area (Å²) < 4.78 is 0. The molecule has 0 spiro atoms. The van der Waals surface area contributed by atoms with Crippen molar-refractivity contribution < 1.29 is 9.59 Å². The first kappa shape index (κ1) is 16.0. The molecule has 1 fully saturated rings. The van der Waals surface area contributed by atoms with Crippen LogP contribution in [-0.2, 0) is 9.59 Å². The first-order valence-electron chi connectivity index (χ1n) is 7.43. The molecule has 0 bridgehead atoms. The summed E-state index contributed by atoms with van der Waals surface area (Å²) in [4.78, 5) is 23.5. The lowest BCUT2D eigenvalue weighted by molar-refractivity contribution is -0.127. The number of hydrogen-bond acceptors (Lipinski definition) is 3. The number of amides is 2. The van der Waals surface area contributed by atoms with Gasteiger partial charge in [-0.3, -0.25) is 9.59 Å². The zero-order valence-electron chi connectivity index (χ0n) is 11.9. The predicted molar refractivity (Wildman–Crippen MR) is 75.4 cm³/mol. The Balaban J connectivity index is 2.24. The van der Waals surface area contributed by atoms with Crippen molar-refractivity contribution in [1.82, 2.24) is 10.6 Å². The smallest absolute Gasteiger partial charge is 0.223 e. The number of rotatable bonds is 7. The maximum Gasteiger partial charge on any atom is 0.223 e. The molecular formula is C14H27N3O2. The molecule has 1 aliphatic rings. The zero-order chi connectivity index (χ0) is 14.1. The average Bonchev–Trinajstić information content (AvgIpc) is 2.44. The van der Waals surface area contributed by atoms with E-state index < -0.39 is 0 Å². The Morgan fingerprint density at radius 2 is 1.89 bits per heavy atom. The van der Waals surface area contributed by atoms with Crippen molar-refractivity contribution in [2.24, 2.45) is 17.6 Å². The zero-order valence-corrected chi connectivity index (χ0v) is 11.9. The largest absolute Gasteiger partial charge is 0.356 e. The Hall–Kier alpha value is -1.10. The fourth-order valence-electron chi connectivity index (χ4n) is 2.62. The van der Waals surface area contributed by atoms with Crippen LogP contribution in [-0.4, -0.2) is 31.4 Å². The Labute approximate surface area is 115 Å². The summed E-state index contributed by atoms with van der Waals surface area (Å²) in [5.74, 6) is 0.416. The van der Waals surface area contributed by atoms with Crippen LogP contribution in [0.3, 0.4) is 0 Å². The minimum Gasteiger partial charge on any atom is -0.356 e. The molecule has 1 aliphatic carbocycles. The monoisotopic (exact) mass is 269 g/mol. The number of carbonyl (C=O) groups is 2. The van der Waals surface area contributed by atoms with Gasteiger partial charge in [-0.25, -0.2) is 0 Å². The predicted octanol–water partition coefficient (Wildman–Crippen LogP) is 0.784. The highest BCUT2D eigenvalue weighted by molar-refractivity contribution is 5.80. The molecule has 0 heterocycles. The summed E-state index contributed by atoms with van der Waals surface area (Å²) in [6.45, 7) is 3.71. The van der Waals surface area contributed by atoms with Crippen LogP contribution in [0.1, 0.15) is 45.4 Å². The van der Waals surface area contributed by atoms with Gasteiger partial charge in [0.05, 0.1) is 0 Å². The van der Waals surface area contributed by atoms with E-state index in [2.05, 4.69) is 10.6 Å². The third-order valence-corrected chi connectivity index (χ3v) is 3.77. The average molecular weight is 269 g/mol. The van der Waals surface area contributed by atoms with Gasteiger partial charge < -0.3 is 16.4 Å². The molecular weight excluding hydrogens is 242 g/mol. The van der Waals surface area contributed by atoms with E-state index in [1.807, 2.05) is 6.92 Å². The fraction of sp³-hybridized carbons (Fsp3) is 0.857. The van der Waals surface area contributed by atoms with E-state index in [4.69, 9.17) is 5.73 Å². The summed E-state index contributed by atoms with van der Waals surface area (Å²) in [6.07, 6.45) is 5.53. The van der Waals surface area contributed by atoms with Gasteiger partial charge in [0.15, 0.2) is 0 Å². The maximum atomic E-state index is 12.1. The second-order valence-corrected chi connectivity index (χ2v) is 5.28. The number of nitrogens with two attached hydrogens (primary N) is 1. The summed E-state index contributed by atoms with van der Waals surface area (Å²) in [5.41, 5.74) is 5.72. The van der Waals surface area contributed by atoms with Crippen LogP contribution in [0.5, 0.6) is 0 Å². The molecule has 2 unspecified atom stereocenters. The molecule has 0 radical (unpaired) electrons. The van der Waals surface area contributed by atoms with Gasteiger partial charge in [-0.05, 0) is 31.7 Å². The van der Waals surface area contributed by atoms with Gasteiger partial charge in [0, 0.05) is 25.4 Å². The van der Waals surface area contributed by atoms with E-state index in [1.165, 1.54) is 6.42 Å². The lowest BCUT2D eigenvalue weighted by Crippen LogP contribution is -2.40. The molecule has 0 saturated heterocycles.